The van der Waals surface area contributed by atoms with Gasteiger partial charge in [-0.15, -0.1) is 0 Å². The average Bonchev–Trinajstić information content (AvgIpc) is 2.45. The van der Waals surface area contributed by atoms with E-state index in [0.717, 1.165) is 11.3 Å². The second-order valence-electron chi connectivity index (χ2n) is 4.28. The van der Waals surface area contributed by atoms with Crippen molar-refractivity contribution in [1.82, 2.24) is 15.6 Å². The summed E-state index contributed by atoms with van der Waals surface area (Å²) in [6.45, 7) is 2.99. The number of carbonyl (C=O) groups excluding carboxylic acids is 1. The van der Waals surface area contributed by atoms with Crippen molar-refractivity contribution in [3.63, 3.8) is 0 Å². The summed E-state index contributed by atoms with van der Waals surface area (Å²) < 4.78 is 0. The number of hydrogen-bond acceptors (Lipinski definition) is 2. The molecule has 0 bridgehead atoms. The first-order chi connectivity index (χ1) is 9.25. The van der Waals surface area contributed by atoms with Crippen LogP contribution in [0.5, 0.6) is 0 Å². The summed E-state index contributed by atoms with van der Waals surface area (Å²) >= 11 is 0. The summed E-state index contributed by atoms with van der Waals surface area (Å²) in [7, 11) is 0. The van der Waals surface area contributed by atoms with Crippen LogP contribution in [0, 0.1) is 6.92 Å². The molecule has 1 aromatic carbocycles. The van der Waals surface area contributed by atoms with Crippen molar-refractivity contribution >= 4 is 6.03 Å². The van der Waals surface area contributed by atoms with Crippen LogP contribution in [-0.2, 0) is 13.1 Å². The van der Waals surface area contributed by atoms with E-state index in [1.165, 1.54) is 5.56 Å². The van der Waals surface area contributed by atoms with Gasteiger partial charge in [-0.3, -0.25) is 4.98 Å². The molecular weight excluding hydrogens is 238 g/mol. The SMILES string of the molecule is Cc1ccccc1CNC(=O)NCc1ccccn1. The molecule has 0 radical (unpaired) electrons. The molecule has 0 aliphatic carbocycles. The van der Waals surface area contributed by atoms with Gasteiger partial charge >= 0.3 is 6.03 Å². The predicted octanol–water partition coefficient (Wildman–Crippen LogP) is 2.39. The smallest absolute Gasteiger partial charge is 0.315 e. The fourth-order valence-corrected chi connectivity index (χ4v) is 1.72. The normalized spacial score (nSPS) is 9.95. The second kappa shape index (κ2) is 6.54. The van der Waals surface area contributed by atoms with Crippen molar-refractivity contribution < 1.29 is 4.79 Å². The van der Waals surface area contributed by atoms with Gasteiger partial charge in [0.25, 0.3) is 0 Å². The zero-order chi connectivity index (χ0) is 13.5. The minimum atomic E-state index is -0.186. The molecule has 19 heavy (non-hydrogen) atoms. The van der Waals surface area contributed by atoms with Gasteiger partial charge in [-0.1, -0.05) is 30.3 Å². The zero-order valence-electron chi connectivity index (χ0n) is 10.9. The molecular formula is C15H17N3O. The highest BCUT2D eigenvalue weighted by Crippen LogP contribution is 2.05. The average molecular weight is 255 g/mol. The van der Waals surface area contributed by atoms with E-state index < -0.39 is 0 Å². The lowest BCUT2D eigenvalue weighted by Gasteiger charge is -2.09. The number of benzene rings is 1. The Hall–Kier alpha value is -2.36. The molecule has 4 heteroatoms. The van der Waals surface area contributed by atoms with E-state index >= 15 is 0 Å². The van der Waals surface area contributed by atoms with E-state index in [-0.39, 0.29) is 6.03 Å². The summed E-state index contributed by atoms with van der Waals surface area (Å²) in [6.07, 6.45) is 1.71. The Morgan fingerprint density at radius 2 is 1.79 bits per heavy atom. The van der Waals surface area contributed by atoms with Crippen LogP contribution in [0.25, 0.3) is 0 Å². The Labute approximate surface area is 112 Å². The lowest BCUT2D eigenvalue weighted by molar-refractivity contribution is 0.240. The van der Waals surface area contributed by atoms with Crippen LogP contribution in [-0.4, -0.2) is 11.0 Å². The minimum Gasteiger partial charge on any atom is -0.334 e. The van der Waals surface area contributed by atoms with Crippen LogP contribution < -0.4 is 10.6 Å². The molecule has 0 fully saturated rings. The quantitative estimate of drug-likeness (QED) is 0.881. The summed E-state index contributed by atoms with van der Waals surface area (Å²) in [5.41, 5.74) is 3.14. The maximum Gasteiger partial charge on any atom is 0.315 e. The van der Waals surface area contributed by atoms with Gasteiger partial charge in [0.05, 0.1) is 12.2 Å². The van der Waals surface area contributed by atoms with Gasteiger partial charge in [0.1, 0.15) is 0 Å². The molecule has 0 atom stereocenters. The summed E-state index contributed by atoms with van der Waals surface area (Å²) in [5, 5.41) is 5.61. The molecule has 0 unspecified atom stereocenters. The van der Waals surface area contributed by atoms with Crippen LogP contribution in [0.15, 0.2) is 48.7 Å². The van der Waals surface area contributed by atoms with Gasteiger partial charge in [-0.05, 0) is 30.2 Å². The van der Waals surface area contributed by atoms with Gasteiger partial charge in [-0.25, -0.2) is 4.79 Å². The van der Waals surface area contributed by atoms with Gasteiger partial charge in [0, 0.05) is 12.7 Å². The Bertz CT molecular complexity index is 540. The standard InChI is InChI=1S/C15H17N3O/c1-12-6-2-3-7-13(12)10-17-15(19)18-11-14-8-4-5-9-16-14/h2-9H,10-11H2,1H3,(H2,17,18,19). The van der Waals surface area contributed by atoms with Crippen molar-refractivity contribution in [2.45, 2.75) is 20.0 Å². The van der Waals surface area contributed by atoms with E-state index in [1.54, 1.807) is 6.20 Å². The zero-order valence-corrected chi connectivity index (χ0v) is 10.9. The Balaban J connectivity index is 1.78. The third-order valence-electron chi connectivity index (χ3n) is 2.86. The monoisotopic (exact) mass is 255 g/mol. The number of nitrogens with zero attached hydrogens (tertiary/aromatic N) is 1. The third kappa shape index (κ3) is 4.10. The fourth-order valence-electron chi connectivity index (χ4n) is 1.72. The van der Waals surface area contributed by atoms with Crippen molar-refractivity contribution in [2.24, 2.45) is 0 Å². The largest absolute Gasteiger partial charge is 0.334 e. The van der Waals surface area contributed by atoms with Crippen LogP contribution in [0.1, 0.15) is 16.8 Å². The fraction of sp³-hybridized carbons (Fsp3) is 0.200. The maximum atomic E-state index is 11.7. The van der Waals surface area contributed by atoms with E-state index in [1.807, 2.05) is 49.4 Å². The number of carbonyl (C=O) groups is 1. The van der Waals surface area contributed by atoms with Gasteiger partial charge in [0.2, 0.25) is 0 Å². The Kier molecular flexibility index (Phi) is 4.50. The number of aromatic nitrogens is 1. The molecule has 4 nitrogen and oxygen atoms in total. The highest BCUT2D eigenvalue weighted by Gasteiger charge is 2.02. The van der Waals surface area contributed by atoms with E-state index in [9.17, 15) is 4.79 Å². The predicted molar refractivity (Wildman–Crippen MR) is 74.5 cm³/mol. The Morgan fingerprint density at radius 3 is 2.53 bits per heavy atom. The van der Waals surface area contributed by atoms with Crippen molar-refractivity contribution in [2.75, 3.05) is 0 Å². The molecule has 2 aromatic rings. The first-order valence-electron chi connectivity index (χ1n) is 6.22. The Morgan fingerprint density at radius 1 is 1.05 bits per heavy atom. The van der Waals surface area contributed by atoms with E-state index in [2.05, 4.69) is 15.6 Å². The molecule has 98 valence electrons. The van der Waals surface area contributed by atoms with Crippen molar-refractivity contribution in [3.05, 3.63) is 65.5 Å². The number of hydrogen-bond donors (Lipinski definition) is 2. The maximum absolute atomic E-state index is 11.7. The molecule has 0 aliphatic heterocycles. The molecule has 2 N–H and O–H groups in total. The minimum absolute atomic E-state index is 0.186. The highest BCUT2D eigenvalue weighted by atomic mass is 16.2. The molecule has 2 amide bonds. The van der Waals surface area contributed by atoms with Gasteiger partial charge in [-0.2, -0.15) is 0 Å². The van der Waals surface area contributed by atoms with Crippen molar-refractivity contribution in [3.8, 4) is 0 Å². The highest BCUT2D eigenvalue weighted by molar-refractivity contribution is 5.73. The topological polar surface area (TPSA) is 54.0 Å². The number of aryl methyl sites for hydroxylation is 1. The molecule has 0 saturated heterocycles. The molecule has 2 rings (SSSR count). The van der Waals surface area contributed by atoms with Gasteiger partial charge in [0.15, 0.2) is 0 Å². The molecule has 0 spiro atoms. The lowest BCUT2D eigenvalue weighted by atomic mass is 10.1. The number of urea groups is 1. The number of amides is 2. The van der Waals surface area contributed by atoms with E-state index in [4.69, 9.17) is 0 Å². The summed E-state index contributed by atoms with van der Waals surface area (Å²) in [6, 6.07) is 13.4. The summed E-state index contributed by atoms with van der Waals surface area (Å²) in [4.78, 5) is 15.8. The first kappa shape index (κ1) is 13.1. The second-order valence-corrected chi connectivity index (χ2v) is 4.28. The van der Waals surface area contributed by atoms with E-state index in [0.29, 0.717) is 13.1 Å². The van der Waals surface area contributed by atoms with Crippen LogP contribution in [0.4, 0.5) is 4.79 Å². The summed E-state index contributed by atoms with van der Waals surface area (Å²) in [5.74, 6) is 0. The molecule has 1 heterocycles. The number of pyridine rings is 1. The lowest BCUT2D eigenvalue weighted by Crippen LogP contribution is -2.34. The molecule has 1 aromatic heterocycles. The third-order valence-corrected chi connectivity index (χ3v) is 2.86. The number of rotatable bonds is 4. The molecule has 0 saturated carbocycles. The first-order valence-corrected chi connectivity index (χ1v) is 6.22. The number of nitrogens with one attached hydrogen (secondary N) is 2. The van der Waals surface area contributed by atoms with Crippen LogP contribution in [0.3, 0.4) is 0 Å². The van der Waals surface area contributed by atoms with Gasteiger partial charge < -0.3 is 10.6 Å². The molecule has 0 aliphatic rings. The van der Waals surface area contributed by atoms with Crippen LogP contribution in [0.2, 0.25) is 0 Å². The van der Waals surface area contributed by atoms with Crippen LogP contribution >= 0.6 is 0 Å². The van der Waals surface area contributed by atoms with Crippen molar-refractivity contribution in [1.29, 1.82) is 0 Å².